The van der Waals surface area contributed by atoms with Crippen LogP contribution in [0, 0.1) is 0 Å². The van der Waals surface area contributed by atoms with Crippen LogP contribution in [0.1, 0.15) is 26.3 Å². The van der Waals surface area contributed by atoms with E-state index in [1.165, 1.54) is 5.56 Å². The summed E-state index contributed by atoms with van der Waals surface area (Å²) in [7, 11) is 2.08. The van der Waals surface area contributed by atoms with Gasteiger partial charge in [0.25, 0.3) is 0 Å². The van der Waals surface area contributed by atoms with Crippen molar-refractivity contribution < 1.29 is 4.79 Å². The number of aromatic nitrogens is 2. The van der Waals surface area contributed by atoms with Crippen molar-refractivity contribution in [2.75, 3.05) is 44.7 Å². The Balaban J connectivity index is 1.68. The predicted octanol–water partition coefficient (Wildman–Crippen LogP) is 1.07. The lowest BCUT2D eigenvalue weighted by Crippen LogP contribution is -2.57. The zero-order valence-corrected chi connectivity index (χ0v) is 18.3. The van der Waals surface area contributed by atoms with Crippen molar-refractivity contribution in [1.82, 2.24) is 19.4 Å². The highest BCUT2D eigenvalue weighted by Crippen LogP contribution is 2.15. The van der Waals surface area contributed by atoms with Crippen LogP contribution in [0.5, 0.6) is 0 Å². The van der Waals surface area contributed by atoms with Gasteiger partial charge in [-0.25, -0.2) is 4.79 Å². The number of hydrogen-bond acceptors (Lipinski definition) is 6. The third-order valence-corrected chi connectivity index (χ3v) is 5.44. The van der Waals surface area contributed by atoms with Gasteiger partial charge in [-0.05, 0) is 51.2 Å². The summed E-state index contributed by atoms with van der Waals surface area (Å²) in [5.74, 6) is 0.579. The minimum Gasteiger partial charge on any atom is -0.353 e. The molecule has 0 saturated carbocycles. The van der Waals surface area contributed by atoms with E-state index in [0.29, 0.717) is 32.0 Å². The van der Waals surface area contributed by atoms with Crippen molar-refractivity contribution in [3.05, 3.63) is 52.6 Å². The van der Waals surface area contributed by atoms with E-state index in [1.54, 1.807) is 29.5 Å². The number of amides is 1. The number of anilines is 1. The lowest BCUT2D eigenvalue weighted by Gasteiger charge is -2.37. The summed E-state index contributed by atoms with van der Waals surface area (Å²) in [6.07, 6.45) is 1.76. The van der Waals surface area contributed by atoms with Crippen LogP contribution >= 0.6 is 0 Å². The molecule has 2 heterocycles. The summed E-state index contributed by atoms with van der Waals surface area (Å²) in [5, 5.41) is 0. The Hall–Kier alpha value is -2.71. The Bertz CT molecular complexity index is 924. The largest absolute Gasteiger partial charge is 0.354 e. The van der Waals surface area contributed by atoms with Gasteiger partial charge in [0.2, 0.25) is 5.91 Å². The third-order valence-electron chi connectivity index (χ3n) is 5.44. The fraction of sp³-hybridized carbons (Fsp3) is 0.500. The lowest BCUT2D eigenvalue weighted by molar-refractivity contribution is -0.136. The van der Waals surface area contributed by atoms with Crippen molar-refractivity contribution in [2.45, 2.75) is 32.9 Å². The maximum absolute atomic E-state index is 12.6. The molecule has 8 nitrogen and oxygen atoms in total. The predicted molar refractivity (Wildman–Crippen MR) is 119 cm³/mol. The first-order valence-corrected chi connectivity index (χ1v) is 10.4. The number of rotatable bonds is 6. The minimum atomic E-state index is -0.873. The van der Waals surface area contributed by atoms with Gasteiger partial charge in [-0.1, -0.05) is 19.1 Å². The lowest BCUT2D eigenvalue weighted by atomic mass is 10.0. The van der Waals surface area contributed by atoms with Gasteiger partial charge in [0.15, 0.2) is 0 Å². The molecule has 0 aliphatic carbocycles. The first kappa shape index (κ1) is 22.0. The van der Waals surface area contributed by atoms with E-state index in [9.17, 15) is 9.59 Å². The average Bonchev–Trinajstić information content (AvgIpc) is 2.73. The third kappa shape index (κ3) is 5.06. The van der Waals surface area contributed by atoms with Crippen LogP contribution < -0.4 is 16.3 Å². The van der Waals surface area contributed by atoms with Gasteiger partial charge in [0.1, 0.15) is 5.82 Å². The van der Waals surface area contributed by atoms with Crippen LogP contribution in [-0.4, -0.2) is 70.6 Å². The average molecular weight is 413 g/mol. The molecule has 162 valence electrons. The maximum atomic E-state index is 12.6. The zero-order chi connectivity index (χ0) is 21.9. The first-order valence-electron chi connectivity index (χ1n) is 10.4. The van der Waals surface area contributed by atoms with Gasteiger partial charge in [0, 0.05) is 38.9 Å². The smallest absolute Gasteiger partial charge is 0.353 e. The second-order valence-corrected chi connectivity index (χ2v) is 8.44. The van der Waals surface area contributed by atoms with Crippen molar-refractivity contribution in [1.29, 1.82) is 0 Å². The van der Waals surface area contributed by atoms with Crippen LogP contribution in [-0.2, 0) is 11.3 Å². The molecule has 0 atom stereocenters. The Morgan fingerprint density at radius 1 is 1.13 bits per heavy atom. The number of benzene rings is 1. The van der Waals surface area contributed by atoms with Gasteiger partial charge in [-0.15, -0.1) is 0 Å². The SMILES string of the molecule is CCN(C)Cc1ccc(-n2ccc(N3CCN(C(=O)C(C)(C)N)CC3)nc2=O)cc1. The van der Waals surface area contributed by atoms with E-state index in [-0.39, 0.29) is 11.6 Å². The number of carbonyl (C=O) groups is 1. The van der Waals surface area contributed by atoms with E-state index >= 15 is 0 Å². The Kier molecular flexibility index (Phi) is 6.58. The molecule has 0 unspecified atom stereocenters. The summed E-state index contributed by atoms with van der Waals surface area (Å²) in [5.41, 5.74) is 6.74. The molecule has 8 heteroatoms. The highest BCUT2D eigenvalue weighted by Gasteiger charge is 2.30. The Morgan fingerprint density at radius 3 is 2.30 bits per heavy atom. The van der Waals surface area contributed by atoms with Gasteiger partial charge in [0.05, 0.1) is 11.2 Å². The summed E-state index contributed by atoms with van der Waals surface area (Å²) >= 11 is 0. The standard InChI is InChI=1S/C22H32N6O2/c1-5-25(4)16-17-6-8-18(9-7-17)28-11-10-19(24-21(28)30)26-12-14-27(15-13-26)20(29)22(2,3)23/h6-11H,5,12-16,23H2,1-4H3. The Labute approximate surface area is 177 Å². The Morgan fingerprint density at radius 2 is 1.77 bits per heavy atom. The van der Waals surface area contributed by atoms with Crippen molar-refractivity contribution in [3.63, 3.8) is 0 Å². The second kappa shape index (κ2) is 8.97. The monoisotopic (exact) mass is 412 g/mol. The quantitative estimate of drug-likeness (QED) is 0.764. The fourth-order valence-corrected chi connectivity index (χ4v) is 3.50. The van der Waals surface area contributed by atoms with Crippen molar-refractivity contribution in [3.8, 4) is 5.69 Å². The van der Waals surface area contributed by atoms with Crippen molar-refractivity contribution >= 4 is 11.7 Å². The molecule has 0 spiro atoms. The number of nitrogens with two attached hydrogens (primary N) is 1. The van der Waals surface area contributed by atoms with Crippen molar-refractivity contribution in [2.24, 2.45) is 5.73 Å². The molecule has 30 heavy (non-hydrogen) atoms. The van der Waals surface area contributed by atoms with E-state index in [4.69, 9.17) is 5.73 Å². The second-order valence-electron chi connectivity index (χ2n) is 8.44. The molecule has 1 fully saturated rings. The minimum absolute atomic E-state index is 0.0564. The molecular weight excluding hydrogens is 380 g/mol. The zero-order valence-electron chi connectivity index (χ0n) is 18.3. The molecule has 1 amide bonds. The highest BCUT2D eigenvalue weighted by atomic mass is 16.2. The van der Waals surface area contributed by atoms with Crippen LogP contribution in [0.15, 0.2) is 41.3 Å². The number of carbonyl (C=O) groups excluding carboxylic acids is 1. The highest BCUT2D eigenvalue weighted by molar-refractivity contribution is 5.85. The van der Waals surface area contributed by atoms with E-state index in [0.717, 1.165) is 18.8 Å². The molecule has 1 saturated heterocycles. The molecule has 2 aromatic rings. The summed E-state index contributed by atoms with van der Waals surface area (Å²) in [4.78, 5) is 35.3. The van der Waals surface area contributed by atoms with Gasteiger partial charge >= 0.3 is 5.69 Å². The summed E-state index contributed by atoms with van der Waals surface area (Å²) in [6, 6.07) is 9.82. The molecule has 2 N–H and O–H groups in total. The molecule has 1 aromatic carbocycles. The molecule has 1 aliphatic heterocycles. The first-order chi connectivity index (χ1) is 14.2. The van der Waals surface area contributed by atoms with Gasteiger partial charge < -0.3 is 20.4 Å². The van der Waals surface area contributed by atoms with Gasteiger partial charge in [-0.3, -0.25) is 9.36 Å². The molecular formula is C22H32N6O2. The van der Waals surface area contributed by atoms with E-state index in [1.807, 2.05) is 35.2 Å². The number of hydrogen-bond donors (Lipinski definition) is 1. The molecule has 1 aromatic heterocycles. The number of piperazine rings is 1. The fourth-order valence-electron chi connectivity index (χ4n) is 3.50. The topological polar surface area (TPSA) is 87.7 Å². The van der Waals surface area contributed by atoms with Crippen LogP contribution in [0.25, 0.3) is 5.69 Å². The summed E-state index contributed by atoms with van der Waals surface area (Å²) < 4.78 is 1.55. The van der Waals surface area contributed by atoms with Gasteiger partial charge in [-0.2, -0.15) is 4.98 Å². The summed E-state index contributed by atoms with van der Waals surface area (Å²) in [6.45, 7) is 9.80. The maximum Gasteiger partial charge on any atom is 0.354 e. The molecule has 3 rings (SSSR count). The van der Waals surface area contributed by atoms with E-state index < -0.39 is 5.54 Å². The normalized spacial score (nSPS) is 15.0. The molecule has 0 bridgehead atoms. The van der Waals surface area contributed by atoms with Crippen LogP contribution in [0.4, 0.5) is 5.82 Å². The van der Waals surface area contributed by atoms with Crippen LogP contribution in [0.2, 0.25) is 0 Å². The molecule has 0 radical (unpaired) electrons. The van der Waals surface area contributed by atoms with E-state index in [2.05, 4.69) is 23.9 Å². The van der Waals surface area contributed by atoms with Crippen LogP contribution in [0.3, 0.4) is 0 Å². The number of nitrogens with zero attached hydrogens (tertiary/aromatic N) is 5. The molecule has 1 aliphatic rings.